The largest absolute Gasteiger partial charge is 0.103 e. The molecule has 0 saturated carbocycles. The highest BCUT2D eigenvalue weighted by atomic mass is 14.1. The van der Waals surface area contributed by atoms with Gasteiger partial charge >= 0.3 is 0 Å². The molecule has 2 aromatic rings. The van der Waals surface area contributed by atoms with Crippen LogP contribution >= 0.6 is 0 Å². The molecule has 2 rings (SSSR count). The molecule has 0 aromatic heterocycles. The molecule has 0 aliphatic rings. The van der Waals surface area contributed by atoms with Crippen LogP contribution < -0.4 is 0 Å². The highest BCUT2D eigenvalue weighted by Crippen LogP contribution is 2.24. The summed E-state index contributed by atoms with van der Waals surface area (Å²) in [5.41, 5.74) is 11.7. The van der Waals surface area contributed by atoms with Gasteiger partial charge in [-0.1, -0.05) is 97.1 Å². The Morgan fingerprint density at radius 1 is 0.939 bits per heavy atom. The van der Waals surface area contributed by atoms with E-state index in [2.05, 4.69) is 109 Å². The molecule has 0 unspecified atom stereocenters. The smallest absolute Gasteiger partial charge is 0.00948 e. The zero-order valence-corrected chi connectivity index (χ0v) is 21.7. The fourth-order valence-corrected chi connectivity index (χ4v) is 3.63. The first-order valence-corrected chi connectivity index (χ1v) is 11.8. The van der Waals surface area contributed by atoms with Crippen molar-refractivity contribution in [3.63, 3.8) is 0 Å². The van der Waals surface area contributed by atoms with Crippen molar-refractivity contribution >= 4 is 11.1 Å². The van der Waals surface area contributed by atoms with Crippen molar-refractivity contribution in [2.75, 3.05) is 0 Å². The van der Waals surface area contributed by atoms with Gasteiger partial charge in [0.15, 0.2) is 0 Å². The molecule has 0 atom stereocenters. The summed E-state index contributed by atoms with van der Waals surface area (Å²) in [6.45, 7) is 24.1. The van der Waals surface area contributed by atoms with Gasteiger partial charge < -0.3 is 0 Å². The van der Waals surface area contributed by atoms with Crippen molar-refractivity contribution in [3.8, 4) is 0 Å². The topological polar surface area (TPSA) is 0 Å². The maximum Gasteiger partial charge on any atom is -0.00948 e. The van der Waals surface area contributed by atoms with Crippen LogP contribution in [0.2, 0.25) is 0 Å². The van der Waals surface area contributed by atoms with Crippen LogP contribution in [0, 0.1) is 13.8 Å². The average molecular weight is 439 g/mol. The Balaban J connectivity index is 0.000000335. The van der Waals surface area contributed by atoms with Gasteiger partial charge in [0.05, 0.1) is 0 Å². The first kappa shape index (κ1) is 27.9. The lowest BCUT2D eigenvalue weighted by molar-refractivity contribution is 0.974. The van der Waals surface area contributed by atoms with Crippen molar-refractivity contribution in [2.24, 2.45) is 0 Å². The second-order valence-electron chi connectivity index (χ2n) is 8.59. The summed E-state index contributed by atoms with van der Waals surface area (Å²) in [5.74, 6) is 0. The van der Waals surface area contributed by atoms with E-state index in [1.807, 2.05) is 19.1 Å². The van der Waals surface area contributed by atoms with Gasteiger partial charge in [-0.3, -0.25) is 0 Å². The number of rotatable bonds is 9. The van der Waals surface area contributed by atoms with Crippen molar-refractivity contribution in [3.05, 3.63) is 132 Å². The zero-order chi connectivity index (χ0) is 24.8. The third-order valence-corrected chi connectivity index (χ3v) is 5.75. The lowest BCUT2D eigenvalue weighted by Crippen LogP contribution is -1.93. The first-order chi connectivity index (χ1) is 15.7. The monoisotopic (exact) mass is 438 g/mol. The Kier molecular flexibility index (Phi) is 12.6. The molecule has 0 bridgehead atoms. The third kappa shape index (κ3) is 9.49. The molecule has 2 aromatic carbocycles. The minimum absolute atomic E-state index is 1.04. The number of benzene rings is 2. The van der Waals surface area contributed by atoms with Crippen LogP contribution in [0.1, 0.15) is 67.5 Å². The SMILES string of the molecule is C=C/C=C\C(C)=C(/C)c1ccc(C(=C)C)c(C)c1.C=CCCc1cc(C)ccc1C/C=C\C. The summed E-state index contributed by atoms with van der Waals surface area (Å²) in [6, 6.07) is 13.3. The highest BCUT2D eigenvalue weighted by molar-refractivity contribution is 5.73. The lowest BCUT2D eigenvalue weighted by atomic mass is 9.95. The van der Waals surface area contributed by atoms with E-state index in [-0.39, 0.29) is 0 Å². The molecule has 0 aliphatic heterocycles. The van der Waals surface area contributed by atoms with E-state index < -0.39 is 0 Å². The molecule has 33 heavy (non-hydrogen) atoms. The molecule has 0 heteroatoms. The second kappa shape index (κ2) is 14.9. The Bertz CT molecular complexity index is 1040. The van der Waals surface area contributed by atoms with Crippen LogP contribution in [0.3, 0.4) is 0 Å². The van der Waals surface area contributed by atoms with Crippen molar-refractivity contribution in [2.45, 2.75) is 60.8 Å². The van der Waals surface area contributed by atoms with E-state index in [9.17, 15) is 0 Å². The van der Waals surface area contributed by atoms with Gasteiger partial charge in [-0.2, -0.15) is 0 Å². The molecule has 174 valence electrons. The van der Waals surface area contributed by atoms with Gasteiger partial charge in [-0.15, -0.1) is 6.58 Å². The maximum atomic E-state index is 4.00. The quantitative estimate of drug-likeness (QED) is 0.270. The van der Waals surface area contributed by atoms with Crippen LogP contribution in [0.4, 0.5) is 0 Å². The molecule has 0 radical (unpaired) electrons. The normalized spacial score (nSPS) is 11.7. The fraction of sp³-hybridized carbons (Fsp3) is 0.273. The van der Waals surface area contributed by atoms with Crippen molar-refractivity contribution < 1.29 is 0 Å². The van der Waals surface area contributed by atoms with Gasteiger partial charge in [0.2, 0.25) is 0 Å². The summed E-state index contributed by atoms with van der Waals surface area (Å²) in [7, 11) is 0. The maximum absolute atomic E-state index is 4.00. The number of aryl methyl sites for hydroxylation is 3. The molecular formula is C33H42. The summed E-state index contributed by atoms with van der Waals surface area (Å²) in [5, 5.41) is 0. The molecule has 0 spiro atoms. The number of allylic oxidation sites excluding steroid dienone is 9. The Morgan fingerprint density at radius 3 is 2.24 bits per heavy atom. The van der Waals surface area contributed by atoms with Gasteiger partial charge in [-0.25, -0.2) is 0 Å². The van der Waals surface area contributed by atoms with E-state index in [1.54, 1.807) is 6.08 Å². The molecule has 0 fully saturated rings. The standard InChI is InChI=1S/C18H22.C15H20/c1-7-8-9-14(4)16(6)17-10-11-18(13(2)3)15(5)12-17;1-4-6-8-14-11-10-13(3)12-15(14)9-7-5-2/h7-12H,1-2H2,3-6H3;4-6,10-12H,2,7-9H2,1,3H3/b9-8-,16-14+;6-4-. The van der Waals surface area contributed by atoms with E-state index in [4.69, 9.17) is 0 Å². The van der Waals surface area contributed by atoms with E-state index in [0.717, 1.165) is 24.8 Å². The van der Waals surface area contributed by atoms with Gasteiger partial charge in [-0.05, 0) is 99.8 Å². The van der Waals surface area contributed by atoms with Crippen LogP contribution in [-0.2, 0) is 12.8 Å². The summed E-state index contributed by atoms with van der Waals surface area (Å²) in [4.78, 5) is 0. The Morgan fingerprint density at radius 2 is 1.67 bits per heavy atom. The predicted octanol–water partition coefficient (Wildman–Crippen LogP) is 9.80. The van der Waals surface area contributed by atoms with Crippen LogP contribution in [-0.4, -0.2) is 0 Å². The van der Waals surface area contributed by atoms with Gasteiger partial charge in [0.1, 0.15) is 0 Å². The Hall–Kier alpha value is -3.12. The van der Waals surface area contributed by atoms with E-state index in [0.29, 0.717) is 0 Å². The number of hydrogen-bond donors (Lipinski definition) is 0. The van der Waals surface area contributed by atoms with Gasteiger partial charge in [0, 0.05) is 0 Å². The summed E-state index contributed by atoms with van der Waals surface area (Å²) < 4.78 is 0. The van der Waals surface area contributed by atoms with E-state index >= 15 is 0 Å². The highest BCUT2D eigenvalue weighted by Gasteiger charge is 2.03. The van der Waals surface area contributed by atoms with Crippen LogP contribution in [0.25, 0.3) is 11.1 Å². The second-order valence-corrected chi connectivity index (χ2v) is 8.59. The molecular weight excluding hydrogens is 396 g/mol. The van der Waals surface area contributed by atoms with E-state index in [1.165, 1.54) is 44.5 Å². The number of hydrogen-bond acceptors (Lipinski definition) is 0. The van der Waals surface area contributed by atoms with Crippen LogP contribution in [0.15, 0.2) is 98.2 Å². The lowest BCUT2D eigenvalue weighted by Gasteiger charge is -2.10. The summed E-state index contributed by atoms with van der Waals surface area (Å²) >= 11 is 0. The molecule has 0 heterocycles. The van der Waals surface area contributed by atoms with Gasteiger partial charge in [0.25, 0.3) is 0 Å². The first-order valence-electron chi connectivity index (χ1n) is 11.8. The van der Waals surface area contributed by atoms with Crippen molar-refractivity contribution in [1.29, 1.82) is 0 Å². The molecule has 0 nitrogen and oxygen atoms in total. The minimum Gasteiger partial charge on any atom is -0.103 e. The average Bonchev–Trinajstić information content (AvgIpc) is 2.80. The minimum atomic E-state index is 1.04. The molecule has 0 aliphatic carbocycles. The third-order valence-electron chi connectivity index (χ3n) is 5.75. The molecule has 0 saturated heterocycles. The Labute approximate surface area is 203 Å². The van der Waals surface area contributed by atoms with Crippen molar-refractivity contribution in [1.82, 2.24) is 0 Å². The predicted molar refractivity (Wildman–Crippen MR) is 152 cm³/mol. The van der Waals surface area contributed by atoms with Crippen LogP contribution in [0.5, 0.6) is 0 Å². The molecule has 0 amide bonds. The zero-order valence-electron chi connectivity index (χ0n) is 21.7. The fourth-order valence-electron chi connectivity index (χ4n) is 3.63. The molecule has 0 N–H and O–H groups in total. The summed E-state index contributed by atoms with van der Waals surface area (Å²) in [6.07, 6.45) is 15.4.